The Hall–Kier alpha value is -1.30. The monoisotopic (exact) mass is 283 g/mol. The maximum absolute atomic E-state index is 11.4. The minimum atomic E-state index is -0.212. The van der Waals surface area contributed by atoms with E-state index in [0.29, 0.717) is 6.61 Å². The van der Waals surface area contributed by atoms with Crippen molar-refractivity contribution < 1.29 is 9.53 Å². The number of hydrogen-bond acceptors (Lipinski definition) is 6. The average molecular weight is 283 g/mol. The van der Waals surface area contributed by atoms with E-state index < -0.39 is 0 Å². The number of hydrogen-bond donors (Lipinski definition) is 1. The van der Waals surface area contributed by atoms with Gasteiger partial charge in [0.1, 0.15) is 17.2 Å². The van der Waals surface area contributed by atoms with E-state index in [1.807, 2.05) is 0 Å². The van der Waals surface area contributed by atoms with Gasteiger partial charge in [-0.2, -0.15) is 0 Å². The highest BCUT2D eigenvalue weighted by Crippen LogP contribution is 2.25. The van der Waals surface area contributed by atoms with Crippen LogP contribution in [0.3, 0.4) is 0 Å². The van der Waals surface area contributed by atoms with Gasteiger partial charge in [-0.25, -0.2) is 9.97 Å². The summed E-state index contributed by atoms with van der Waals surface area (Å²) in [5.41, 5.74) is 1.06. The number of carbonyl (C=O) groups excluding carboxylic acids is 1. The summed E-state index contributed by atoms with van der Waals surface area (Å²) in [6, 6.07) is 0. The summed E-state index contributed by atoms with van der Waals surface area (Å²) in [5.74, 6) is 0.937. The van der Waals surface area contributed by atoms with Crippen molar-refractivity contribution in [2.24, 2.45) is 0 Å². The molecule has 0 saturated heterocycles. The van der Waals surface area contributed by atoms with Crippen LogP contribution in [0.5, 0.6) is 0 Å². The number of nitrogens with one attached hydrogen (secondary N) is 1. The first kappa shape index (κ1) is 15.8. The number of anilines is 1. The van der Waals surface area contributed by atoms with Crippen LogP contribution in [0.4, 0.5) is 5.82 Å². The highest BCUT2D eigenvalue weighted by atomic mass is 32.2. The van der Waals surface area contributed by atoms with Crippen LogP contribution in [-0.2, 0) is 16.0 Å². The van der Waals surface area contributed by atoms with E-state index in [2.05, 4.69) is 29.1 Å². The lowest BCUT2D eigenvalue weighted by atomic mass is 10.2. The zero-order valence-electron chi connectivity index (χ0n) is 11.7. The molecule has 0 aliphatic heterocycles. The van der Waals surface area contributed by atoms with Gasteiger partial charge in [0.05, 0.1) is 12.4 Å². The predicted octanol–water partition coefficient (Wildman–Crippen LogP) is 2.52. The van der Waals surface area contributed by atoms with Crippen LogP contribution in [0.25, 0.3) is 0 Å². The van der Waals surface area contributed by atoms with Crippen molar-refractivity contribution in [1.82, 2.24) is 9.97 Å². The van der Waals surface area contributed by atoms with E-state index >= 15 is 0 Å². The Labute approximate surface area is 118 Å². The summed E-state index contributed by atoms with van der Waals surface area (Å²) in [7, 11) is 0. The van der Waals surface area contributed by atoms with Crippen LogP contribution < -0.4 is 5.32 Å². The summed E-state index contributed by atoms with van der Waals surface area (Å²) in [6.45, 7) is 7.26. The summed E-state index contributed by atoms with van der Waals surface area (Å²) in [5, 5.41) is 4.14. The molecule has 0 radical (unpaired) electrons. The third kappa shape index (κ3) is 5.06. The quantitative estimate of drug-likeness (QED) is 0.449. The van der Waals surface area contributed by atoms with Crippen molar-refractivity contribution in [3.8, 4) is 0 Å². The molecule has 0 spiro atoms. The summed E-state index contributed by atoms with van der Waals surface area (Å²) in [6.07, 6.45) is 3.40. The fourth-order valence-electron chi connectivity index (χ4n) is 1.56. The first-order valence-electron chi connectivity index (χ1n) is 6.59. The van der Waals surface area contributed by atoms with Crippen LogP contribution in [-0.4, -0.2) is 34.8 Å². The standard InChI is InChI=1S/C13H21N3O2S/c1-4-7-14-12-10(5-2)13(16-9-15-12)19-8-11(17)18-6-3/h9H,4-8H2,1-3H3,(H,14,15,16). The van der Waals surface area contributed by atoms with Crippen LogP contribution in [0.1, 0.15) is 32.8 Å². The van der Waals surface area contributed by atoms with Gasteiger partial charge in [-0.1, -0.05) is 25.6 Å². The molecule has 1 heterocycles. The molecule has 0 amide bonds. The van der Waals surface area contributed by atoms with Gasteiger partial charge < -0.3 is 10.1 Å². The van der Waals surface area contributed by atoms with Crippen molar-refractivity contribution in [3.63, 3.8) is 0 Å². The first-order valence-corrected chi connectivity index (χ1v) is 7.57. The van der Waals surface area contributed by atoms with E-state index in [1.165, 1.54) is 18.1 Å². The van der Waals surface area contributed by atoms with Crippen molar-refractivity contribution in [1.29, 1.82) is 0 Å². The lowest BCUT2D eigenvalue weighted by molar-refractivity contribution is -0.139. The van der Waals surface area contributed by atoms with Gasteiger partial charge in [0.25, 0.3) is 0 Å². The topological polar surface area (TPSA) is 64.1 Å². The van der Waals surface area contributed by atoms with Crippen molar-refractivity contribution >= 4 is 23.5 Å². The fraction of sp³-hybridized carbons (Fsp3) is 0.615. The fourth-order valence-corrected chi connectivity index (χ4v) is 2.44. The van der Waals surface area contributed by atoms with Gasteiger partial charge in [-0.05, 0) is 19.8 Å². The Balaban J connectivity index is 2.73. The van der Waals surface area contributed by atoms with Gasteiger partial charge in [-0.3, -0.25) is 4.79 Å². The number of esters is 1. The Morgan fingerprint density at radius 1 is 1.37 bits per heavy atom. The molecule has 1 rings (SSSR count). The summed E-state index contributed by atoms with van der Waals surface area (Å²) < 4.78 is 4.91. The largest absolute Gasteiger partial charge is 0.465 e. The molecule has 0 aliphatic rings. The molecule has 6 heteroatoms. The predicted molar refractivity (Wildman–Crippen MR) is 77.5 cm³/mol. The van der Waals surface area contributed by atoms with Gasteiger partial charge >= 0.3 is 5.97 Å². The van der Waals surface area contributed by atoms with E-state index in [1.54, 1.807) is 6.92 Å². The zero-order valence-corrected chi connectivity index (χ0v) is 12.5. The molecule has 106 valence electrons. The number of aromatic nitrogens is 2. The Bertz CT molecular complexity index is 413. The van der Waals surface area contributed by atoms with Crippen LogP contribution >= 0.6 is 11.8 Å². The molecule has 1 N–H and O–H groups in total. The van der Waals surface area contributed by atoms with Crippen molar-refractivity contribution in [3.05, 3.63) is 11.9 Å². The maximum atomic E-state index is 11.4. The first-order chi connectivity index (χ1) is 9.22. The number of carbonyl (C=O) groups is 1. The van der Waals surface area contributed by atoms with Crippen LogP contribution in [0.2, 0.25) is 0 Å². The van der Waals surface area contributed by atoms with Gasteiger partial charge in [-0.15, -0.1) is 0 Å². The molecule has 0 bridgehead atoms. The molecule has 19 heavy (non-hydrogen) atoms. The maximum Gasteiger partial charge on any atom is 0.316 e. The third-order valence-electron chi connectivity index (χ3n) is 2.43. The minimum Gasteiger partial charge on any atom is -0.465 e. The Kier molecular flexibility index (Phi) is 7.25. The smallest absolute Gasteiger partial charge is 0.316 e. The Morgan fingerprint density at radius 3 is 2.79 bits per heavy atom. The molecular weight excluding hydrogens is 262 g/mol. The second kappa shape index (κ2) is 8.74. The number of rotatable bonds is 8. The summed E-state index contributed by atoms with van der Waals surface area (Å²) >= 11 is 1.40. The van der Waals surface area contributed by atoms with Crippen LogP contribution in [0, 0.1) is 0 Å². The van der Waals surface area contributed by atoms with E-state index in [-0.39, 0.29) is 11.7 Å². The van der Waals surface area contributed by atoms with Gasteiger partial charge in [0.2, 0.25) is 0 Å². The molecule has 0 aliphatic carbocycles. The van der Waals surface area contributed by atoms with Crippen molar-refractivity contribution in [2.45, 2.75) is 38.6 Å². The third-order valence-corrected chi connectivity index (χ3v) is 3.44. The van der Waals surface area contributed by atoms with Gasteiger partial charge in [0.15, 0.2) is 0 Å². The van der Waals surface area contributed by atoms with E-state index in [4.69, 9.17) is 4.74 Å². The lowest BCUT2D eigenvalue weighted by Crippen LogP contribution is -2.09. The number of ether oxygens (including phenoxy) is 1. The average Bonchev–Trinajstić information content (AvgIpc) is 2.43. The number of nitrogens with zero attached hydrogens (tertiary/aromatic N) is 2. The molecular formula is C13H21N3O2S. The minimum absolute atomic E-state index is 0.212. The van der Waals surface area contributed by atoms with E-state index in [0.717, 1.165) is 35.8 Å². The second-order valence-electron chi connectivity index (χ2n) is 3.88. The molecule has 1 aromatic rings. The summed E-state index contributed by atoms with van der Waals surface area (Å²) in [4.78, 5) is 19.9. The molecule has 0 unspecified atom stereocenters. The van der Waals surface area contributed by atoms with Crippen LogP contribution in [0.15, 0.2) is 11.4 Å². The lowest BCUT2D eigenvalue weighted by Gasteiger charge is -2.12. The normalized spacial score (nSPS) is 10.3. The van der Waals surface area contributed by atoms with Gasteiger partial charge in [0, 0.05) is 12.1 Å². The number of thioether (sulfide) groups is 1. The molecule has 0 atom stereocenters. The zero-order chi connectivity index (χ0) is 14.1. The molecule has 0 fully saturated rings. The highest BCUT2D eigenvalue weighted by Gasteiger charge is 2.12. The second-order valence-corrected chi connectivity index (χ2v) is 4.84. The molecule has 0 aromatic carbocycles. The Morgan fingerprint density at radius 2 is 2.16 bits per heavy atom. The highest BCUT2D eigenvalue weighted by molar-refractivity contribution is 7.99. The van der Waals surface area contributed by atoms with E-state index in [9.17, 15) is 4.79 Å². The molecule has 5 nitrogen and oxygen atoms in total. The SMILES string of the molecule is CCCNc1ncnc(SCC(=O)OCC)c1CC. The van der Waals surface area contributed by atoms with Crippen molar-refractivity contribution in [2.75, 3.05) is 24.2 Å². The molecule has 1 aromatic heterocycles. The molecule has 0 saturated carbocycles.